The third-order valence-corrected chi connectivity index (χ3v) is 3.51. The van der Waals surface area contributed by atoms with Crippen LogP contribution >= 0.6 is 31.9 Å². The van der Waals surface area contributed by atoms with Crippen molar-refractivity contribution in [3.8, 4) is 5.75 Å². The van der Waals surface area contributed by atoms with Crippen molar-refractivity contribution in [2.45, 2.75) is 6.92 Å². The number of halogens is 2. The lowest BCUT2D eigenvalue weighted by atomic mass is 10.2. The second kappa shape index (κ2) is 5.75. The van der Waals surface area contributed by atoms with Crippen molar-refractivity contribution in [1.82, 2.24) is 0 Å². The number of phenolic OH excluding ortho intramolecular Hbond substituents is 1. The van der Waals surface area contributed by atoms with E-state index >= 15 is 0 Å². The number of carbonyl (C=O) groups is 1. The van der Waals surface area contributed by atoms with Crippen LogP contribution in [-0.4, -0.2) is 11.0 Å². The van der Waals surface area contributed by atoms with E-state index in [2.05, 4.69) is 37.2 Å². The molecule has 5 heteroatoms. The van der Waals surface area contributed by atoms with Gasteiger partial charge in [0.15, 0.2) is 0 Å². The fourth-order valence-corrected chi connectivity index (χ4v) is 2.87. The average molecular weight is 385 g/mol. The van der Waals surface area contributed by atoms with E-state index in [9.17, 15) is 9.90 Å². The molecule has 0 bridgehead atoms. The summed E-state index contributed by atoms with van der Waals surface area (Å²) in [6, 6.07) is 10.3. The Kier molecular flexibility index (Phi) is 4.27. The van der Waals surface area contributed by atoms with Crippen LogP contribution in [0.5, 0.6) is 5.75 Å². The number of hydrogen-bond acceptors (Lipinski definition) is 2. The number of benzene rings is 2. The molecule has 0 aliphatic carbocycles. The van der Waals surface area contributed by atoms with Gasteiger partial charge >= 0.3 is 0 Å². The molecule has 0 aliphatic heterocycles. The van der Waals surface area contributed by atoms with Crippen LogP contribution in [0.1, 0.15) is 15.9 Å². The number of anilines is 1. The minimum Gasteiger partial charge on any atom is -0.508 e. The molecule has 0 saturated carbocycles. The number of rotatable bonds is 2. The number of hydrogen-bond donors (Lipinski definition) is 2. The Bertz CT molecular complexity index is 621. The molecule has 0 aromatic heterocycles. The van der Waals surface area contributed by atoms with Crippen LogP contribution in [-0.2, 0) is 0 Å². The van der Waals surface area contributed by atoms with E-state index in [1.54, 1.807) is 31.2 Å². The average Bonchev–Trinajstić information content (AvgIpc) is 2.32. The molecule has 0 aliphatic rings. The van der Waals surface area contributed by atoms with Gasteiger partial charge in [0.1, 0.15) is 5.75 Å². The predicted molar refractivity (Wildman–Crippen MR) is 82.6 cm³/mol. The second-order valence-electron chi connectivity index (χ2n) is 4.11. The van der Waals surface area contributed by atoms with Crippen LogP contribution in [0.25, 0.3) is 0 Å². The molecule has 3 nitrogen and oxygen atoms in total. The number of aryl methyl sites for hydroxylation is 1. The van der Waals surface area contributed by atoms with Gasteiger partial charge in [-0.15, -0.1) is 0 Å². The Morgan fingerprint density at radius 2 is 1.74 bits per heavy atom. The normalized spacial score (nSPS) is 10.3. The maximum atomic E-state index is 12.1. The Morgan fingerprint density at radius 3 is 2.32 bits per heavy atom. The van der Waals surface area contributed by atoms with Crippen LogP contribution in [0, 0.1) is 6.92 Å². The van der Waals surface area contributed by atoms with E-state index < -0.39 is 0 Å². The summed E-state index contributed by atoms with van der Waals surface area (Å²) in [5.74, 6) is -0.0709. The van der Waals surface area contributed by atoms with E-state index in [1.807, 2.05) is 6.07 Å². The van der Waals surface area contributed by atoms with E-state index in [0.717, 1.165) is 14.5 Å². The van der Waals surface area contributed by atoms with Gasteiger partial charge in [-0.25, -0.2) is 0 Å². The maximum absolute atomic E-state index is 12.1. The molecule has 0 radical (unpaired) electrons. The van der Waals surface area contributed by atoms with Crippen molar-refractivity contribution in [3.05, 3.63) is 56.5 Å². The van der Waals surface area contributed by atoms with Gasteiger partial charge in [-0.2, -0.15) is 0 Å². The van der Waals surface area contributed by atoms with Crippen LogP contribution in [0.15, 0.2) is 45.3 Å². The van der Waals surface area contributed by atoms with Crippen molar-refractivity contribution in [1.29, 1.82) is 0 Å². The van der Waals surface area contributed by atoms with Crippen LogP contribution < -0.4 is 5.32 Å². The van der Waals surface area contributed by atoms with Gasteiger partial charge in [0.05, 0.1) is 0 Å². The first-order chi connectivity index (χ1) is 8.95. The highest BCUT2D eigenvalue weighted by atomic mass is 79.9. The fourth-order valence-electron chi connectivity index (χ4n) is 1.58. The highest BCUT2D eigenvalue weighted by molar-refractivity contribution is 9.11. The largest absolute Gasteiger partial charge is 0.508 e. The number of nitrogens with one attached hydrogen (secondary N) is 1. The zero-order chi connectivity index (χ0) is 14.0. The Balaban J connectivity index is 2.22. The summed E-state index contributed by atoms with van der Waals surface area (Å²) < 4.78 is 1.64. The molecule has 0 fully saturated rings. The molecule has 2 N–H and O–H groups in total. The lowest BCUT2D eigenvalue weighted by molar-refractivity contribution is 0.102. The molecule has 19 heavy (non-hydrogen) atoms. The summed E-state index contributed by atoms with van der Waals surface area (Å²) in [6.45, 7) is 1.80. The summed E-state index contributed by atoms with van der Waals surface area (Å²) in [7, 11) is 0. The first-order valence-corrected chi connectivity index (χ1v) is 7.11. The number of phenols is 1. The smallest absolute Gasteiger partial charge is 0.255 e. The van der Waals surface area contributed by atoms with Crippen molar-refractivity contribution in [2.24, 2.45) is 0 Å². The van der Waals surface area contributed by atoms with Gasteiger partial charge < -0.3 is 10.4 Å². The van der Waals surface area contributed by atoms with Crippen LogP contribution in [0.2, 0.25) is 0 Å². The summed E-state index contributed by atoms with van der Waals surface area (Å²) in [5.41, 5.74) is 1.86. The summed E-state index contributed by atoms with van der Waals surface area (Å²) in [5, 5.41) is 12.3. The van der Waals surface area contributed by atoms with E-state index in [1.165, 1.54) is 6.07 Å². The van der Waals surface area contributed by atoms with Crippen LogP contribution in [0.4, 0.5) is 5.69 Å². The monoisotopic (exact) mass is 383 g/mol. The zero-order valence-electron chi connectivity index (χ0n) is 10.1. The minimum atomic E-state index is -0.231. The number of carbonyl (C=O) groups excluding carboxylic acids is 1. The second-order valence-corrected chi connectivity index (χ2v) is 5.94. The first-order valence-electron chi connectivity index (χ1n) is 5.53. The van der Waals surface area contributed by atoms with Gasteiger partial charge in [-0.3, -0.25) is 4.79 Å². The standard InChI is InChI=1S/C14H11Br2NO2/c1-8-2-3-12(7-13(8)18)17-14(19)9-4-10(15)6-11(16)5-9/h2-7,18H,1H3,(H,17,19). The first kappa shape index (κ1) is 14.1. The van der Waals surface area contributed by atoms with Gasteiger partial charge in [-0.05, 0) is 36.8 Å². The van der Waals surface area contributed by atoms with Gasteiger partial charge in [0.25, 0.3) is 5.91 Å². The third kappa shape index (κ3) is 3.58. The number of aromatic hydroxyl groups is 1. The topological polar surface area (TPSA) is 49.3 Å². The molecule has 2 rings (SSSR count). The van der Waals surface area contributed by atoms with E-state index in [-0.39, 0.29) is 11.7 Å². The van der Waals surface area contributed by atoms with Crippen molar-refractivity contribution in [3.63, 3.8) is 0 Å². The predicted octanol–water partition coefficient (Wildman–Crippen LogP) is 4.48. The minimum absolute atomic E-state index is 0.160. The summed E-state index contributed by atoms with van der Waals surface area (Å²) in [4.78, 5) is 12.1. The van der Waals surface area contributed by atoms with Crippen LogP contribution in [0.3, 0.4) is 0 Å². The Morgan fingerprint density at radius 1 is 1.11 bits per heavy atom. The lowest BCUT2D eigenvalue weighted by Crippen LogP contribution is -2.11. The molecule has 2 aromatic carbocycles. The fraction of sp³-hybridized carbons (Fsp3) is 0.0714. The van der Waals surface area contributed by atoms with Crippen molar-refractivity contribution in [2.75, 3.05) is 5.32 Å². The van der Waals surface area contributed by atoms with E-state index in [4.69, 9.17) is 0 Å². The highest BCUT2D eigenvalue weighted by Crippen LogP contribution is 2.23. The molecule has 0 heterocycles. The molecular weight excluding hydrogens is 374 g/mol. The molecule has 0 unspecified atom stereocenters. The lowest BCUT2D eigenvalue weighted by Gasteiger charge is -2.08. The summed E-state index contributed by atoms with van der Waals surface area (Å²) in [6.07, 6.45) is 0. The van der Waals surface area contributed by atoms with E-state index in [0.29, 0.717) is 11.3 Å². The zero-order valence-corrected chi connectivity index (χ0v) is 13.2. The molecule has 0 spiro atoms. The Labute approximate surface area is 127 Å². The van der Waals surface area contributed by atoms with Gasteiger partial charge in [0.2, 0.25) is 0 Å². The molecule has 1 amide bonds. The molecule has 0 saturated heterocycles. The Hall–Kier alpha value is -1.33. The molecule has 2 aromatic rings. The third-order valence-electron chi connectivity index (χ3n) is 2.59. The molecular formula is C14H11Br2NO2. The molecule has 0 atom stereocenters. The van der Waals surface area contributed by atoms with Gasteiger partial charge in [-0.1, -0.05) is 37.9 Å². The number of amides is 1. The van der Waals surface area contributed by atoms with Gasteiger partial charge in [0, 0.05) is 26.3 Å². The SMILES string of the molecule is Cc1ccc(NC(=O)c2cc(Br)cc(Br)c2)cc1O. The maximum Gasteiger partial charge on any atom is 0.255 e. The van der Waals surface area contributed by atoms with Crippen molar-refractivity contribution < 1.29 is 9.90 Å². The summed E-state index contributed by atoms with van der Waals surface area (Å²) >= 11 is 6.68. The quantitative estimate of drug-likeness (QED) is 0.801. The highest BCUT2D eigenvalue weighted by Gasteiger charge is 2.09. The molecule has 98 valence electrons. The van der Waals surface area contributed by atoms with Crippen molar-refractivity contribution >= 4 is 43.5 Å².